The van der Waals surface area contributed by atoms with Crippen molar-refractivity contribution in [1.29, 1.82) is 0 Å². The maximum atomic E-state index is 11.5. The van der Waals surface area contributed by atoms with Gasteiger partial charge in [-0.1, -0.05) is 0 Å². The van der Waals surface area contributed by atoms with Crippen LogP contribution in [0.1, 0.15) is 20.3 Å². The van der Waals surface area contributed by atoms with Gasteiger partial charge in [-0.15, -0.1) is 0 Å². The van der Waals surface area contributed by atoms with Crippen molar-refractivity contribution in [3.05, 3.63) is 0 Å². The summed E-state index contributed by atoms with van der Waals surface area (Å²) in [6, 6.07) is -0.0625. The molecule has 1 amide bonds. The van der Waals surface area contributed by atoms with Gasteiger partial charge in [-0.2, -0.15) is 0 Å². The predicted molar refractivity (Wildman–Crippen MR) is 53.3 cm³/mol. The average molecular weight is 215 g/mol. The molecule has 0 saturated heterocycles. The Morgan fingerprint density at radius 3 is 2.67 bits per heavy atom. The van der Waals surface area contributed by atoms with Crippen LogP contribution in [0.2, 0.25) is 0 Å². The van der Waals surface area contributed by atoms with Crippen LogP contribution >= 0.6 is 0 Å². The SMILES string of the molecule is CCOCC(C)NC(=O)[C@@H]1C[C@@H]1C(=O)O. The average Bonchev–Trinajstić information content (AvgIpc) is 2.93. The fourth-order valence-electron chi connectivity index (χ4n) is 1.44. The highest BCUT2D eigenvalue weighted by Crippen LogP contribution is 2.38. The molecule has 0 radical (unpaired) electrons. The van der Waals surface area contributed by atoms with E-state index in [-0.39, 0.29) is 17.9 Å². The second-order valence-corrected chi connectivity index (χ2v) is 3.86. The summed E-state index contributed by atoms with van der Waals surface area (Å²) in [7, 11) is 0. The fraction of sp³-hybridized carbons (Fsp3) is 0.800. The molecule has 0 aliphatic heterocycles. The number of hydrogen-bond acceptors (Lipinski definition) is 3. The molecule has 15 heavy (non-hydrogen) atoms. The first-order valence-electron chi connectivity index (χ1n) is 5.17. The number of ether oxygens (including phenoxy) is 1. The van der Waals surface area contributed by atoms with Crippen molar-refractivity contribution in [2.24, 2.45) is 11.8 Å². The molecule has 5 nitrogen and oxygen atoms in total. The van der Waals surface area contributed by atoms with Crippen molar-refractivity contribution in [2.45, 2.75) is 26.3 Å². The number of carbonyl (C=O) groups excluding carboxylic acids is 1. The molecular weight excluding hydrogens is 198 g/mol. The third-order valence-corrected chi connectivity index (χ3v) is 2.41. The molecule has 0 spiro atoms. The summed E-state index contributed by atoms with van der Waals surface area (Å²) in [5, 5.41) is 11.4. The highest BCUT2D eigenvalue weighted by molar-refractivity contribution is 5.89. The molecule has 0 bridgehead atoms. The maximum Gasteiger partial charge on any atom is 0.307 e. The van der Waals surface area contributed by atoms with Crippen molar-refractivity contribution >= 4 is 11.9 Å². The van der Waals surface area contributed by atoms with Gasteiger partial charge in [-0.3, -0.25) is 9.59 Å². The number of nitrogens with one attached hydrogen (secondary N) is 1. The second kappa shape index (κ2) is 5.11. The van der Waals surface area contributed by atoms with E-state index in [0.29, 0.717) is 19.6 Å². The summed E-state index contributed by atoms with van der Waals surface area (Å²) < 4.78 is 5.14. The van der Waals surface area contributed by atoms with Gasteiger partial charge in [0.1, 0.15) is 0 Å². The monoisotopic (exact) mass is 215 g/mol. The van der Waals surface area contributed by atoms with Crippen LogP contribution in [0, 0.1) is 11.8 Å². The van der Waals surface area contributed by atoms with E-state index in [1.165, 1.54) is 0 Å². The lowest BCUT2D eigenvalue weighted by atomic mass is 10.2. The lowest BCUT2D eigenvalue weighted by molar-refractivity contribution is -0.140. The number of amides is 1. The molecule has 1 fully saturated rings. The molecular formula is C10H17NO4. The van der Waals surface area contributed by atoms with Gasteiger partial charge < -0.3 is 15.2 Å². The highest BCUT2D eigenvalue weighted by Gasteiger charge is 2.48. The smallest absolute Gasteiger partial charge is 0.307 e. The summed E-state index contributed by atoms with van der Waals surface area (Å²) in [5.41, 5.74) is 0. The molecule has 0 heterocycles. The molecule has 2 N–H and O–H groups in total. The summed E-state index contributed by atoms with van der Waals surface area (Å²) in [4.78, 5) is 22.0. The van der Waals surface area contributed by atoms with E-state index in [1.54, 1.807) is 0 Å². The molecule has 0 aromatic rings. The van der Waals surface area contributed by atoms with E-state index in [4.69, 9.17) is 9.84 Å². The van der Waals surface area contributed by atoms with E-state index >= 15 is 0 Å². The zero-order valence-electron chi connectivity index (χ0n) is 9.03. The van der Waals surface area contributed by atoms with E-state index in [2.05, 4.69) is 5.32 Å². The summed E-state index contributed by atoms with van der Waals surface area (Å²) in [6.45, 7) is 4.80. The first-order valence-corrected chi connectivity index (χ1v) is 5.17. The van der Waals surface area contributed by atoms with Gasteiger partial charge in [0.2, 0.25) is 5.91 Å². The number of carboxylic acids is 1. The van der Waals surface area contributed by atoms with Crippen LogP contribution in [-0.4, -0.2) is 36.2 Å². The fourth-order valence-corrected chi connectivity index (χ4v) is 1.44. The van der Waals surface area contributed by atoms with Gasteiger partial charge in [0.05, 0.1) is 18.4 Å². The Bertz CT molecular complexity index is 254. The number of carboxylic acid groups (broad SMARTS) is 1. The molecule has 0 aromatic heterocycles. The normalized spacial score (nSPS) is 25.7. The van der Waals surface area contributed by atoms with Crippen molar-refractivity contribution in [1.82, 2.24) is 5.32 Å². The molecule has 86 valence electrons. The van der Waals surface area contributed by atoms with Crippen LogP contribution in [-0.2, 0) is 14.3 Å². The second-order valence-electron chi connectivity index (χ2n) is 3.86. The van der Waals surface area contributed by atoms with E-state index in [9.17, 15) is 9.59 Å². The maximum absolute atomic E-state index is 11.5. The van der Waals surface area contributed by atoms with Crippen LogP contribution in [0.15, 0.2) is 0 Å². The number of rotatable bonds is 6. The molecule has 1 saturated carbocycles. The molecule has 3 atom stereocenters. The molecule has 1 unspecified atom stereocenters. The lowest BCUT2D eigenvalue weighted by Crippen LogP contribution is -2.37. The van der Waals surface area contributed by atoms with E-state index < -0.39 is 11.9 Å². The Balaban J connectivity index is 2.22. The molecule has 1 aliphatic carbocycles. The number of carbonyl (C=O) groups is 2. The van der Waals surface area contributed by atoms with Crippen LogP contribution < -0.4 is 5.32 Å². The van der Waals surface area contributed by atoms with Gasteiger partial charge in [-0.25, -0.2) is 0 Å². The van der Waals surface area contributed by atoms with Crippen molar-refractivity contribution in [2.75, 3.05) is 13.2 Å². The van der Waals surface area contributed by atoms with Crippen LogP contribution in [0.25, 0.3) is 0 Å². The number of aliphatic carboxylic acids is 1. The van der Waals surface area contributed by atoms with Crippen molar-refractivity contribution in [3.8, 4) is 0 Å². The van der Waals surface area contributed by atoms with Gasteiger partial charge in [0.15, 0.2) is 0 Å². The molecule has 0 aromatic carbocycles. The first-order chi connectivity index (χ1) is 7.06. The third kappa shape index (κ3) is 3.51. The van der Waals surface area contributed by atoms with Crippen LogP contribution in [0.5, 0.6) is 0 Å². The van der Waals surface area contributed by atoms with Crippen LogP contribution in [0.3, 0.4) is 0 Å². The Kier molecular flexibility index (Phi) is 4.08. The number of hydrogen-bond donors (Lipinski definition) is 2. The van der Waals surface area contributed by atoms with Gasteiger partial charge >= 0.3 is 5.97 Å². The minimum Gasteiger partial charge on any atom is -0.481 e. The molecule has 5 heteroatoms. The minimum absolute atomic E-state index is 0.0625. The topological polar surface area (TPSA) is 75.6 Å². The van der Waals surface area contributed by atoms with Gasteiger partial charge in [-0.05, 0) is 20.3 Å². The lowest BCUT2D eigenvalue weighted by Gasteiger charge is -2.13. The highest BCUT2D eigenvalue weighted by atomic mass is 16.5. The van der Waals surface area contributed by atoms with Crippen molar-refractivity contribution in [3.63, 3.8) is 0 Å². The molecule has 1 rings (SSSR count). The zero-order chi connectivity index (χ0) is 11.4. The quantitative estimate of drug-likeness (QED) is 0.666. The Morgan fingerprint density at radius 1 is 1.53 bits per heavy atom. The van der Waals surface area contributed by atoms with Crippen molar-refractivity contribution < 1.29 is 19.4 Å². The Morgan fingerprint density at radius 2 is 2.20 bits per heavy atom. The van der Waals surface area contributed by atoms with Gasteiger partial charge in [0, 0.05) is 12.6 Å². The zero-order valence-corrected chi connectivity index (χ0v) is 9.03. The van der Waals surface area contributed by atoms with E-state index in [0.717, 1.165) is 0 Å². The Labute approximate surface area is 88.8 Å². The summed E-state index contributed by atoms with van der Waals surface area (Å²) in [6.07, 6.45) is 0.461. The first kappa shape index (κ1) is 12.0. The van der Waals surface area contributed by atoms with Gasteiger partial charge in [0.25, 0.3) is 0 Å². The minimum atomic E-state index is -0.882. The third-order valence-electron chi connectivity index (χ3n) is 2.41. The van der Waals surface area contributed by atoms with E-state index in [1.807, 2.05) is 13.8 Å². The Hall–Kier alpha value is -1.10. The largest absolute Gasteiger partial charge is 0.481 e. The molecule has 1 aliphatic rings. The summed E-state index contributed by atoms with van der Waals surface area (Å²) >= 11 is 0. The standard InChI is InChI=1S/C10H17NO4/c1-3-15-5-6(2)11-9(12)7-4-8(7)10(13)14/h6-8H,3-5H2,1-2H3,(H,11,12)(H,13,14)/t6?,7-,8+/m1/s1. The summed E-state index contributed by atoms with van der Waals surface area (Å²) in [5.74, 6) is -1.88. The predicted octanol–water partition coefficient (Wildman–Crippen LogP) is 0.248. The van der Waals surface area contributed by atoms with Crippen LogP contribution in [0.4, 0.5) is 0 Å².